The van der Waals surface area contributed by atoms with Gasteiger partial charge < -0.3 is 14.8 Å². The van der Waals surface area contributed by atoms with Crippen molar-refractivity contribution in [2.45, 2.75) is 39.3 Å². The van der Waals surface area contributed by atoms with Crippen molar-refractivity contribution >= 4 is 5.91 Å². The fraction of sp³-hybridized carbons (Fsp3) is 0.269. The van der Waals surface area contributed by atoms with Gasteiger partial charge in [0.2, 0.25) is 0 Å². The molecule has 3 rings (SSSR count). The number of carbonyl (C=O) groups excluding carboxylic acids is 1. The van der Waals surface area contributed by atoms with Crippen LogP contribution in [0, 0.1) is 6.92 Å². The van der Waals surface area contributed by atoms with Gasteiger partial charge in [-0.3, -0.25) is 4.79 Å². The highest BCUT2D eigenvalue weighted by molar-refractivity contribution is 5.94. The molecule has 1 N–H and O–H groups in total. The van der Waals surface area contributed by atoms with Crippen LogP contribution in [0.1, 0.15) is 40.4 Å². The van der Waals surface area contributed by atoms with Crippen LogP contribution >= 0.6 is 0 Å². The highest BCUT2D eigenvalue weighted by Crippen LogP contribution is 2.24. The van der Waals surface area contributed by atoms with Crippen molar-refractivity contribution in [3.8, 4) is 11.5 Å². The Hall–Kier alpha value is -3.27. The van der Waals surface area contributed by atoms with Crippen molar-refractivity contribution in [1.82, 2.24) is 5.32 Å². The van der Waals surface area contributed by atoms with E-state index in [1.807, 2.05) is 68.4 Å². The lowest BCUT2D eigenvalue weighted by Crippen LogP contribution is -2.33. The minimum atomic E-state index is -0.0876. The van der Waals surface area contributed by atoms with Crippen molar-refractivity contribution in [3.63, 3.8) is 0 Å². The lowest BCUT2D eigenvalue weighted by atomic mass is 10.1. The minimum Gasteiger partial charge on any atom is -0.496 e. The molecule has 1 unspecified atom stereocenters. The van der Waals surface area contributed by atoms with Crippen LogP contribution in [0.4, 0.5) is 0 Å². The first-order chi connectivity index (χ1) is 14.6. The van der Waals surface area contributed by atoms with E-state index in [9.17, 15) is 4.79 Å². The quantitative estimate of drug-likeness (QED) is 0.525. The van der Waals surface area contributed by atoms with E-state index in [4.69, 9.17) is 9.47 Å². The zero-order valence-corrected chi connectivity index (χ0v) is 17.9. The predicted octanol–water partition coefficient (Wildman–Crippen LogP) is 5.33. The molecule has 4 nitrogen and oxygen atoms in total. The van der Waals surface area contributed by atoms with Crippen LogP contribution in [0.25, 0.3) is 0 Å². The Labute approximate surface area is 178 Å². The summed E-state index contributed by atoms with van der Waals surface area (Å²) in [5, 5.41) is 3.09. The third-order valence-electron chi connectivity index (χ3n) is 5.11. The molecule has 0 bridgehead atoms. The number of hydrogen-bond donors (Lipinski definition) is 1. The molecule has 1 amide bonds. The number of carbonyl (C=O) groups is 1. The largest absolute Gasteiger partial charge is 0.496 e. The summed E-state index contributed by atoms with van der Waals surface area (Å²) in [6, 6.07) is 23.7. The van der Waals surface area contributed by atoms with Gasteiger partial charge in [0.15, 0.2) is 0 Å². The van der Waals surface area contributed by atoms with Gasteiger partial charge in [-0.15, -0.1) is 0 Å². The van der Waals surface area contributed by atoms with Gasteiger partial charge >= 0.3 is 0 Å². The molecule has 1 atom stereocenters. The molecule has 0 aliphatic rings. The van der Waals surface area contributed by atoms with Crippen molar-refractivity contribution in [1.29, 1.82) is 0 Å². The summed E-state index contributed by atoms with van der Waals surface area (Å²) in [5.41, 5.74) is 3.78. The van der Waals surface area contributed by atoms with Gasteiger partial charge in [-0.1, -0.05) is 48.5 Å². The summed E-state index contributed by atoms with van der Waals surface area (Å²) in [6.45, 7) is 4.37. The number of amides is 1. The zero-order valence-electron chi connectivity index (χ0n) is 17.9. The molecule has 0 aliphatic heterocycles. The summed E-state index contributed by atoms with van der Waals surface area (Å²) in [4.78, 5) is 12.8. The summed E-state index contributed by atoms with van der Waals surface area (Å²) in [5.74, 6) is 1.44. The van der Waals surface area contributed by atoms with E-state index in [-0.39, 0.29) is 11.9 Å². The third kappa shape index (κ3) is 5.86. The van der Waals surface area contributed by atoms with E-state index >= 15 is 0 Å². The molecule has 0 saturated heterocycles. The Morgan fingerprint density at radius 1 is 0.967 bits per heavy atom. The number of benzene rings is 3. The van der Waals surface area contributed by atoms with Gasteiger partial charge in [-0.25, -0.2) is 0 Å². The number of para-hydroxylation sites is 1. The minimum absolute atomic E-state index is 0.0754. The van der Waals surface area contributed by atoms with Gasteiger partial charge in [0.25, 0.3) is 5.91 Å². The van der Waals surface area contributed by atoms with Crippen LogP contribution in [-0.2, 0) is 13.0 Å². The Balaban J connectivity index is 1.62. The second-order valence-electron chi connectivity index (χ2n) is 7.48. The maximum Gasteiger partial charge on any atom is 0.251 e. The number of aryl methyl sites for hydroxylation is 2. The molecule has 0 aliphatic carbocycles. The Morgan fingerprint density at radius 3 is 2.43 bits per heavy atom. The van der Waals surface area contributed by atoms with Gasteiger partial charge in [0, 0.05) is 17.2 Å². The molecular weight excluding hydrogens is 374 g/mol. The van der Waals surface area contributed by atoms with Crippen LogP contribution in [0.3, 0.4) is 0 Å². The first-order valence-corrected chi connectivity index (χ1v) is 10.3. The molecule has 0 saturated carbocycles. The molecule has 0 spiro atoms. The molecule has 0 fully saturated rings. The number of rotatable bonds is 9. The SMILES string of the molecule is COc1ccc(C(=O)NC(C)CCc2ccccc2)cc1COc1ccccc1C. The average molecular weight is 404 g/mol. The van der Waals surface area contributed by atoms with Crippen LogP contribution < -0.4 is 14.8 Å². The van der Waals surface area contributed by atoms with Crippen molar-refractivity contribution in [2.24, 2.45) is 0 Å². The van der Waals surface area contributed by atoms with Crippen LogP contribution in [0.2, 0.25) is 0 Å². The Morgan fingerprint density at radius 2 is 1.70 bits per heavy atom. The third-order valence-corrected chi connectivity index (χ3v) is 5.11. The fourth-order valence-corrected chi connectivity index (χ4v) is 3.31. The smallest absolute Gasteiger partial charge is 0.251 e. The maximum absolute atomic E-state index is 12.8. The highest BCUT2D eigenvalue weighted by atomic mass is 16.5. The van der Waals surface area contributed by atoms with E-state index in [2.05, 4.69) is 17.4 Å². The molecule has 4 heteroatoms. The maximum atomic E-state index is 12.8. The molecule has 0 aromatic heterocycles. The Bertz CT molecular complexity index is 969. The standard InChI is InChI=1S/C26H29NO3/c1-19-9-7-8-12-24(19)30-18-23-17-22(15-16-25(23)29-3)26(28)27-20(2)13-14-21-10-5-4-6-11-21/h4-12,15-17,20H,13-14,18H2,1-3H3,(H,27,28). The van der Waals surface area contributed by atoms with E-state index in [1.165, 1.54) is 5.56 Å². The van der Waals surface area contributed by atoms with Crippen LogP contribution in [-0.4, -0.2) is 19.1 Å². The lowest BCUT2D eigenvalue weighted by molar-refractivity contribution is 0.0938. The second-order valence-corrected chi connectivity index (χ2v) is 7.48. The van der Waals surface area contributed by atoms with E-state index in [0.717, 1.165) is 29.7 Å². The van der Waals surface area contributed by atoms with Gasteiger partial charge in [-0.2, -0.15) is 0 Å². The molecule has 3 aromatic rings. The van der Waals surface area contributed by atoms with E-state index in [1.54, 1.807) is 13.2 Å². The molecule has 0 radical (unpaired) electrons. The Kier molecular flexibility index (Phi) is 7.50. The monoisotopic (exact) mass is 403 g/mol. The second kappa shape index (κ2) is 10.5. The van der Waals surface area contributed by atoms with Crippen molar-refractivity contribution < 1.29 is 14.3 Å². The van der Waals surface area contributed by atoms with Gasteiger partial charge in [0.1, 0.15) is 18.1 Å². The molecular formula is C26H29NO3. The fourth-order valence-electron chi connectivity index (χ4n) is 3.31. The summed E-state index contributed by atoms with van der Waals surface area (Å²) < 4.78 is 11.4. The molecule has 30 heavy (non-hydrogen) atoms. The highest BCUT2D eigenvalue weighted by Gasteiger charge is 2.13. The first-order valence-electron chi connectivity index (χ1n) is 10.3. The normalized spacial score (nSPS) is 11.6. The number of nitrogens with one attached hydrogen (secondary N) is 1. The van der Waals surface area contributed by atoms with Crippen LogP contribution in [0.15, 0.2) is 72.8 Å². The number of methoxy groups -OCH3 is 1. The van der Waals surface area contributed by atoms with Crippen molar-refractivity contribution in [2.75, 3.05) is 7.11 Å². The van der Waals surface area contributed by atoms with Crippen LogP contribution in [0.5, 0.6) is 11.5 Å². The topological polar surface area (TPSA) is 47.6 Å². The summed E-state index contributed by atoms with van der Waals surface area (Å²) in [6.07, 6.45) is 1.82. The lowest BCUT2D eigenvalue weighted by Gasteiger charge is -2.16. The predicted molar refractivity (Wildman–Crippen MR) is 120 cm³/mol. The van der Waals surface area contributed by atoms with E-state index in [0.29, 0.717) is 17.9 Å². The molecule has 3 aromatic carbocycles. The van der Waals surface area contributed by atoms with Gasteiger partial charge in [0.05, 0.1) is 7.11 Å². The van der Waals surface area contributed by atoms with E-state index < -0.39 is 0 Å². The number of hydrogen-bond acceptors (Lipinski definition) is 3. The summed E-state index contributed by atoms with van der Waals surface area (Å²) in [7, 11) is 1.62. The summed E-state index contributed by atoms with van der Waals surface area (Å²) >= 11 is 0. The van der Waals surface area contributed by atoms with Gasteiger partial charge in [-0.05, 0) is 62.1 Å². The zero-order chi connectivity index (χ0) is 21.3. The average Bonchev–Trinajstić information content (AvgIpc) is 2.77. The van der Waals surface area contributed by atoms with Crippen molar-refractivity contribution in [3.05, 3.63) is 95.1 Å². The first kappa shape index (κ1) is 21.4. The molecule has 0 heterocycles. The molecule has 156 valence electrons. The number of ether oxygens (including phenoxy) is 2.